The van der Waals surface area contributed by atoms with Crippen molar-refractivity contribution < 1.29 is 9.21 Å². The fourth-order valence-electron chi connectivity index (χ4n) is 2.56. The molecule has 1 aliphatic heterocycles. The number of aliphatic imine (C=N–C) groups is 1. The maximum Gasteiger partial charge on any atom is 0.220 e. The Balaban J connectivity index is 1.66. The van der Waals surface area contributed by atoms with Crippen molar-refractivity contribution >= 4 is 35.0 Å². The van der Waals surface area contributed by atoms with Gasteiger partial charge in [-0.2, -0.15) is 0 Å². The van der Waals surface area contributed by atoms with Crippen LogP contribution in [-0.4, -0.2) is 17.1 Å². The summed E-state index contributed by atoms with van der Waals surface area (Å²) < 4.78 is 5.63. The number of benzene rings is 2. The number of para-hydroxylation sites is 3. The van der Waals surface area contributed by atoms with Crippen LogP contribution in [-0.2, 0) is 4.79 Å². The van der Waals surface area contributed by atoms with Crippen molar-refractivity contribution in [2.45, 2.75) is 6.04 Å². The number of aromatic nitrogens is 1. The Bertz CT molecular complexity index is 907. The van der Waals surface area contributed by atoms with E-state index in [2.05, 4.69) is 15.3 Å². The first-order chi connectivity index (χ1) is 11.3. The third kappa shape index (κ3) is 2.53. The summed E-state index contributed by atoms with van der Waals surface area (Å²) in [6.07, 6.45) is 4.37. The summed E-state index contributed by atoms with van der Waals surface area (Å²) >= 11 is 0. The first-order valence-corrected chi connectivity index (χ1v) is 7.26. The van der Waals surface area contributed by atoms with Crippen molar-refractivity contribution in [3.05, 3.63) is 66.1 Å². The number of rotatable bonds is 3. The van der Waals surface area contributed by atoms with Crippen LogP contribution in [0.1, 0.15) is 17.5 Å². The Morgan fingerprint density at radius 2 is 1.87 bits per heavy atom. The van der Waals surface area contributed by atoms with Gasteiger partial charge in [0.15, 0.2) is 5.58 Å². The molecule has 0 bridgehead atoms. The number of carbonyl (C=O) groups is 1. The lowest BCUT2D eigenvalue weighted by Gasteiger charge is -2.21. The van der Waals surface area contributed by atoms with Crippen LogP contribution in [0.25, 0.3) is 17.2 Å². The molecular formula is C18H13N3O2. The van der Waals surface area contributed by atoms with E-state index in [-0.39, 0.29) is 0 Å². The highest BCUT2D eigenvalue weighted by Gasteiger charge is 2.19. The first-order valence-electron chi connectivity index (χ1n) is 7.26. The van der Waals surface area contributed by atoms with Gasteiger partial charge in [-0.1, -0.05) is 30.3 Å². The number of hydrogen-bond acceptors (Lipinski definition) is 5. The monoisotopic (exact) mass is 303 g/mol. The molecule has 5 heteroatoms. The van der Waals surface area contributed by atoms with E-state index in [1.807, 2.05) is 48.5 Å². The summed E-state index contributed by atoms with van der Waals surface area (Å²) in [6, 6.07) is 14.8. The second-order valence-corrected chi connectivity index (χ2v) is 5.17. The van der Waals surface area contributed by atoms with E-state index in [1.54, 1.807) is 12.2 Å². The molecule has 0 amide bonds. The number of oxazole rings is 1. The van der Waals surface area contributed by atoms with Crippen LogP contribution in [0, 0.1) is 0 Å². The molecule has 0 spiro atoms. The summed E-state index contributed by atoms with van der Waals surface area (Å²) in [5, 5.41) is 3.09. The average molecular weight is 303 g/mol. The van der Waals surface area contributed by atoms with Gasteiger partial charge in [0.2, 0.25) is 5.89 Å². The Kier molecular flexibility index (Phi) is 3.24. The normalized spacial score (nSPS) is 16.9. The van der Waals surface area contributed by atoms with Crippen molar-refractivity contribution in [2.24, 2.45) is 4.99 Å². The van der Waals surface area contributed by atoms with Crippen LogP contribution in [0.2, 0.25) is 0 Å². The molecule has 1 aromatic heterocycles. The van der Waals surface area contributed by atoms with E-state index in [0.717, 1.165) is 28.6 Å². The van der Waals surface area contributed by atoms with E-state index in [0.29, 0.717) is 11.7 Å². The summed E-state index contributed by atoms with van der Waals surface area (Å²) in [7, 11) is 0. The van der Waals surface area contributed by atoms with Crippen molar-refractivity contribution in [3.8, 4) is 0 Å². The van der Waals surface area contributed by atoms with Crippen LogP contribution in [0.3, 0.4) is 0 Å². The first kappa shape index (κ1) is 13.5. The number of carbonyl (C=O) groups excluding carboxylic acids is 1. The highest BCUT2D eigenvalue weighted by Crippen LogP contribution is 2.28. The molecule has 2 aromatic carbocycles. The quantitative estimate of drug-likeness (QED) is 0.753. The molecule has 0 radical (unpaired) electrons. The van der Waals surface area contributed by atoms with Gasteiger partial charge in [0, 0.05) is 11.6 Å². The lowest BCUT2D eigenvalue weighted by Crippen LogP contribution is -2.30. The van der Waals surface area contributed by atoms with Gasteiger partial charge in [-0.3, -0.25) is 0 Å². The van der Waals surface area contributed by atoms with E-state index in [1.165, 1.54) is 0 Å². The zero-order valence-corrected chi connectivity index (χ0v) is 12.1. The predicted molar refractivity (Wildman–Crippen MR) is 88.5 cm³/mol. The number of nitrogens with zero attached hydrogens (tertiary/aromatic N) is 2. The molecule has 1 N–H and O–H groups in total. The topological polar surface area (TPSA) is 67.5 Å². The average Bonchev–Trinajstić information content (AvgIpc) is 3.02. The SMILES string of the molecule is O=CC1NC(/C=C\c2nc3ccccc3o2)=Nc2ccccc21. The molecule has 3 aromatic rings. The van der Waals surface area contributed by atoms with Gasteiger partial charge in [0.1, 0.15) is 23.7 Å². The number of fused-ring (bicyclic) bond motifs is 2. The highest BCUT2D eigenvalue weighted by atomic mass is 16.3. The fourth-order valence-corrected chi connectivity index (χ4v) is 2.56. The number of aldehydes is 1. The summed E-state index contributed by atoms with van der Waals surface area (Å²) in [5.74, 6) is 1.10. The lowest BCUT2D eigenvalue weighted by atomic mass is 10.0. The van der Waals surface area contributed by atoms with Gasteiger partial charge in [-0.25, -0.2) is 9.98 Å². The molecule has 4 rings (SSSR count). The second-order valence-electron chi connectivity index (χ2n) is 5.17. The van der Waals surface area contributed by atoms with Crippen LogP contribution in [0.5, 0.6) is 0 Å². The molecule has 0 fully saturated rings. The third-order valence-electron chi connectivity index (χ3n) is 3.65. The van der Waals surface area contributed by atoms with E-state index in [4.69, 9.17) is 4.42 Å². The zero-order valence-electron chi connectivity index (χ0n) is 12.1. The van der Waals surface area contributed by atoms with Gasteiger partial charge in [-0.05, 0) is 24.3 Å². The molecule has 0 saturated carbocycles. The third-order valence-corrected chi connectivity index (χ3v) is 3.65. The van der Waals surface area contributed by atoms with Crippen molar-refractivity contribution in [2.75, 3.05) is 0 Å². The highest BCUT2D eigenvalue weighted by molar-refractivity contribution is 6.01. The van der Waals surface area contributed by atoms with Crippen molar-refractivity contribution in [1.82, 2.24) is 10.3 Å². The van der Waals surface area contributed by atoms with Gasteiger partial charge in [0.25, 0.3) is 0 Å². The van der Waals surface area contributed by atoms with Crippen LogP contribution in [0.4, 0.5) is 5.69 Å². The molecule has 1 atom stereocenters. The molecule has 0 saturated heterocycles. The van der Waals surface area contributed by atoms with Crippen molar-refractivity contribution in [1.29, 1.82) is 0 Å². The molecular weight excluding hydrogens is 290 g/mol. The molecule has 2 heterocycles. The van der Waals surface area contributed by atoms with Gasteiger partial charge < -0.3 is 14.5 Å². The fraction of sp³-hybridized carbons (Fsp3) is 0.0556. The Labute approximate surface area is 132 Å². The van der Waals surface area contributed by atoms with Gasteiger partial charge in [-0.15, -0.1) is 0 Å². The minimum Gasteiger partial charge on any atom is -0.437 e. The lowest BCUT2D eigenvalue weighted by molar-refractivity contribution is -0.109. The summed E-state index contributed by atoms with van der Waals surface area (Å²) in [5.41, 5.74) is 3.21. The molecule has 5 nitrogen and oxygen atoms in total. The van der Waals surface area contributed by atoms with Crippen molar-refractivity contribution in [3.63, 3.8) is 0 Å². The van der Waals surface area contributed by atoms with Gasteiger partial charge >= 0.3 is 0 Å². The zero-order chi connectivity index (χ0) is 15.6. The minimum atomic E-state index is -0.396. The molecule has 0 aliphatic carbocycles. The minimum absolute atomic E-state index is 0.396. The molecule has 112 valence electrons. The molecule has 1 unspecified atom stereocenters. The summed E-state index contributed by atoms with van der Waals surface area (Å²) in [4.78, 5) is 20.2. The predicted octanol–water partition coefficient (Wildman–Crippen LogP) is 3.41. The smallest absolute Gasteiger partial charge is 0.220 e. The Hall–Kier alpha value is -3.21. The maximum absolute atomic E-state index is 11.3. The van der Waals surface area contributed by atoms with Crippen LogP contribution < -0.4 is 5.32 Å². The van der Waals surface area contributed by atoms with Crippen LogP contribution in [0.15, 0.2) is 64.0 Å². The van der Waals surface area contributed by atoms with E-state index in [9.17, 15) is 4.79 Å². The number of hydrogen-bond donors (Lipinski definition) is 1. The van der Waals surface area contributed by atoms with E-state index >= 15 is 0 Å². The van der Waals surface area contributed by atoms with Crippen LogP contribution >= 0.6 is 0 Å². The molecule has 1 aliphatic rings. The molecule has 23 heavy (non-hydrogen) atoms. The second kappa shape index (κ2) is 5.53. The standard InChI is InChI=1S/C18H13N3O2/c22-11-15-12-5-1-2-6-13(12)19-17(20-15)9-10-18-21-14-7-3-4-8-16(14)23-18/h1-11,15H,(H,19,20)/b10-9-. The Morgan fingerprint density at radius 3 is 2.74 bits per heavy atom. The van der Waals surface area contributed by atoms with E-state index < -0.39 is 6.04 Å². The Morgan fingerprint density at radius 1 is 1.04 bits per heavy atom. The van der Waals surface area contributed by atoms with Gasteiger partial charge in [0.05, 0.1) is 5.69 Å². The summed E-state index contributed by atoms with van der Waals surface area (Å²) in [6.45, 7) is 0. The maximum atomic E-state index is 11.3. The number of nitrogens with one attached hydrogen (secondary N) is 1. The number of amidine groups is 1. The largest absolute Gasteiger partial charge is 0.437 e.